The molecule has 0 aliphatic rings. The molecule has 6 nitrogen and oxygen atoms in total. The Hall–Kier alpha value is -3.41. The molecular weight excluding hydrogens is 340 g/mol. The molecule has 138 valence electrons. The van der Waals surface area contributed by atoms with Crippen molar-refractivity contribution in [2.75, 3.05) is 10.6 Å². The molecule has 1 aromatic heterocycles. The van der Waals surface area contributed by atoms with Crippen molar-refractivity contribution in [2.45, 2.75) is 20.8 Å². The molecule has 0 radical (unpaired) electrons. The lowest BCUT2D eigenvalue weighted by Crippen LogP contribution is -2.18. The molecule has 2 N–H and O–H groups in total. The van der Waals surface area contributed by atoms with Crippen LogP contribution >= 0.6 is 0 Å². The van der Waals surface area contributed by atoms with Crippen molar-refractivity contribution < 1.29 is 9.59 Å². The van der Waals surface area contributed by atoms with E-state index in [1.54, 1.807) is 29.1 Å². The third-order valence-electron chi connectivity index (χ3n) is 4.18. The first-order valence-electron chi connectivity index (χ1n) is 8.77. The van der Waals surface area contributed by atoms with Gasteiger partial charge >= 0.3 is 0 Å². The Morgan fingerprint density at radius 3 is 2.41 bits per heavy atom. The molecule has 2 amide bonds. The maximum Gasteiger partial charge on any atom is 0.255 e. The number of carbonyl (C=O) groups is 2. The molecule has 27 heavy (non-hydrogen) atoms. The monoisotopic (exact) mass is 362 g/mol. The number of aryl methyl sites for hydroxylation is 1. The van der Waals surface area contributed by atoms with Crippen molar-refractivity contribution in [1.82, 2.24) is 9.78 Å². The van der Waals surface area contributed by atoms with E-state index in [0.29, 0.717) is 16.9 Å². The van der Waals surface area contributed by atoms with Crippen molar-refractivity contribution in [3.8, 4) is 5.69 Å². The van der Waals surface area contributed by atoms with Crippen LogP contribution in [-0.2, 0) is 4.79 Å². The number of hydrogen-bond donors (Lipinski definition) is 2. The van der Waals surface area contributed by atoms with Crippen LogP contribution in [0.1, 0.15) is 29.8 Å². The summed E-state index contributed by atoms with van der Waals surface area (Å²) >= 11 is 0. The summed E-state index contributed by atoms with van der Waals surface area (Å²) in [5.74, 6) is -0.388. The molecule has 6 heteroatoms. The first kappa shape index (κ1) is 18.4. The Kier molecular flexibility index (Phi) is 5.35. The van der Waals surface area contributed by atoms with E-state index in [4.69, 9.17) is 0 Å². The molecule has 3 rings (SSSR count). The summed E-state index contributed by atoms with van der Waals surface area (Å²) in [6.45, 7) is 5.57. The van der Waals surface area contributed by atoms with E-state index < -0.39 is 0 Å². The summed E-state index contributed by atoms with van der Waals surface area (Å²) in [5.41, 5.74) is 3.66. The number of amides is 2. The van der Waals surface area contributed by atoms with E-state index >= 15 is 0 Å². The summed E-state index contributed by atoms with van der Waals surface area (Å²) in [7, 11) is 0. The van der Waals surface area contributed by atoms with E-state index in [1.165, 1.54) is 0 Å². The highest BCUT2D eigenvalue weighted by atomic mass is 16.2. The van der Waals surface area contributed by atoms with Gasteiger partial charge in [0.25, 0.3) is 5.91 Å². The van der Waals surface area contributed by atoms with Gasteiger partial charge in [0.15, 0.2) is 0 Å². The Labute approximate surface area is 158 Å². The summed E-state index contributed by atoms with van der Waals surface area (Å²) in [4.78, 5) is 24.5. The minimum Gasteiger partial charge on any atom is -0.326 e. The normalized spacial score (nSPS) is 10.7. The van der Waals surface area contributed by atoms with E-state index in [0.717, 1.165) is 11.3 Å². The molecule has 0 aliphatic carbocycles. The highest BCUT2D eigenvalue weighted by molar-refractivity contribution is 6.05. The van der Waals surface area contributed by atoms with Crippen LogP contribution in [0.15, 0.2) is 60.9 Å². The van der Waals surface area contributed by atoms with E-state index in [2.05, 4.69) is 15.7 Å². The van der Waals surface area contributed by atoms with Gasteiger partial charge in [0.1, 0.15) is 0 Å². The van der Waals surface area contributed by atoms with E-state index in [9.17, 15) is 9.59 Å². The molecule has 0 atom stereocenters. The van der Waals surface area contributed by atoms with Crippen molar-refractivity contribution >= 4 is 23.2 Å². The molecule has 3 aromatic rings. The number of nitrogens with zero attached hydrogens (tertiary/aromatic N) is 2. The number of aromatic nitrogens is 2. The minimum absolute atomic E-state index is 0.0645. The number of anilines is 2. The van der Waals surface area contributed by atoms with E-state index in [1.807, 2.05) is 57.3 Å². The van der Waals surface area contributed by atoms with Gasteiger partial charge in [-0.2, -0.15) is 5.10 Å². The third-order valence-corrected chi connectivity index (χ3v) is 4.18. The van der Waals surface area contributed by atoms with Crippen molar-refractivity contribution in [3.63, 3.8) is 0 Å². The van der Waals surface area contributed by atoms with Gasteiger partial charge in [0.05, 0.1) is 5.69 Å². The molecular formula is C21H22N4O2. The number of benzene rings is 2. The molecule has 0 saturated carbocycles. The molecule has 0 spiro atoms. The lowest BCUT2D eigenvalue weighted by atomic mass is 10.1. The summed E-state index contributed by atoms with van der Waals surface area (Å²) in [5, 5.41) is 9.92. The van der Waals surface area contributed by atoms with Gasteiger partial charge in [0.2, 0.25) is 5.91 Å². The highest BCUT2D eigenvalue weighted by Gasteiger charge is 2.11. The van der Waals surface area contributed by atoms with Crippen LogP contribution in [0.25, 0.3) is 5.69 Å². The van der Waals surface area contributed by atoms with Crippen LogP contribution in [-0.4, -0.2) is 21.6 Å². The first-order chi connectivity index (χ1) is 12.9. The molecule has 1 heterocycles. The molecule has 0 aliphatic heterocycles. The summed E-state index contributed by atoms with van der Waals surface area (Å²) < 4.78 is 1.73. The fraction of sp³-hybridized carbons (Fsp3) is 0.190. The fourth-order valence-corrected chi connectivity index (χ4v) is 2.50. The zero-order valence-corrected chi connectivity index (χ0v) is 15.6. The third kappa shape index (κ3) is 4.41. The van der Waals surface area contributed by atoms with Crippen LogP contribution in [0.2, 0.25) is 0 Å². The number of hydrogen-bond acceptors (Lipinski definition) is 3. The predicted octanol–water partition coefficient (Wildman–Crippen LogP) is 4.03. The van der Waals surface area contributed by atoms with Crippen LogP contribution in [0, 0.1) is 12.8 Å². The average Bonchev–Trinajstić information content (AvgIpc) is 3.19. The lowest BCUT2D eigenvalue weighted by molar-refractivity contribution is -0.118. The summed E-state index contributed by atoms with van der Waals surface area (Å²) in [6, 6.07) is 14.5. The Balaban J connectivity index is 1.74. The Bertz CT molecular complexity index is 945. The molecule has 0 bridgehead atoms. The molecule has 0 fully saturated rings. The molecule has 0 unspecified atom stereocenters. The topological polar surface area (TPSA) is 76.0 Å². The van der Waals surface area contributed by atoms with Crippen molar-refractivity contribution in [1.29, 1.82) is 0 Å². The van der Waals surface area contributed by atoms with Gasteiger partial charge in [-0.1, -0.05) is 19.9 Å². The van der Waals surface area contributed by atoms with Gasteiger partial charge in [-0.3, -0.25) is 9.59 Å². The fourth-order valence-electron chi connectivity index (χ4n) is 2.50. The van der Waals surface area contributed by atoms with Gasteiger partial charge in [-0.05, 0) is 55.0 Å². The maximum absolute atomic E-state index is 12.6. The van der Waals surface area contributed by atoms with Crippen molar-refractivity contribution in [2.24, 2.45) is 5.92 Å². The largest absolute Gasteiger partial charge is 0.326 e. The average molecular weight is 362 g/mol. The molecule has 0 saturated heterocycles. The zero-order chi connectivity index (χ0) is 19.4. The van der Waals surface area contributed by atoms with Gasteiger partial charge in [-0.25, -0.2) is 4.68 Å². The van der Waals surface area contributed by atoms with Gasteiger partial charge in [-0.15, -0.1) is 0 Å². The second-order valence-corrected chi connectivity index (χ2v) is 6.63. The van der Waals surface area contributed by atoms with E-state index in [-0.39, 0.29) is 17.7 Å². The van der Waals surface area contributed by atoms with Crippen LogP contribution in [0.3, 0.4) is 0 Å². The van der Waals surface area contributed by atoms with Crippen LogP contribution in [0.5, 0.6) is 0 Å². The molecule has 2 aromatic carbocycles. The number of rotatable bonds is 5. The summed E-state index contributed by atoms with van der Waals surface area (Å²) in [6.07, 6.45) is 3.55. The predicted molar refractivity (Wildman–Crippen MR) is 106 cm³/mol. The van der Waals surface area contributed by atoms with Gasteiger partial charge < -0.3 is 10.6 Å². The maximum atomic E-state index is 12.6. The first-order valence-corrected chi connectivity index (χ1v) is 8.77. The second kappa shape index (κ2) is 7.86. The highest BCUT2D eigenvalue weighted by Crippen LogP contribution is 2.22. The Morgan fingerprint density at radius 1 is 1.04 bits per heavy atom. The Morgan fingerprint density at radius 2 is 1.78 bits per heavy atom. The van der Waals surface area contributed by atoms with Crippen LogP contribution in [0.4, 0.5) is 11.4 Å². The zero-order valence-electron chi connectivity index (χ0n) is 15.6. The smallest absolute Gasteiger partial charge is 0.255 e. The standard InChI is InChI=1S/C21H22N4O2/c1-14(2)20(26)23-17-8-5-15(3)19(13-17)24-21(27)16-6-9-18(10-7-16)25-12-4-11-22-25/h4-14H,1-3H3,(H,23,26)(H,24,27). The number of carbonyl (C=O) groups excluding carboxylic acids is 2. The quantitative estimate of drug-likeness (QED) is 0.719. The van der Waals surface area contributed by atoms with Gasteiger partial charge in [0, 0.05) is 35.2 Å². The second-order valence-electron chi connectivity index (χ2n) is 6.63. The lowest BCUT2D eigenvalue weighted by Gasteiger charge is -2.13. The SMILES string of the molecule is Cc1ccc(NC(=O)C(C)C)cc1NC(=O)c1ccc(-n2cccn2)cc1. The van der Waals surface area contributed by atoms with Crippen molar-refractivity contribution in [3.05, 3.63) is 72.1 Å². The van der Waals surface area contributed by atoms with Crippen LogP contribution < -0.4 is 10.6 Å². The minimum atomic E-state index is -0.211. The number of nitrogens with one attached hydrogen (secondary N) is 2.